The lowest BCUT2D eigenvalue weighted by molar-refractivity contribution is 0.117. The van der Waals surface area contributed by atoms with Crippen molar-refractivity contribution < 1.29 is 9.26 Å². The van der Waals surface area contributed by atoms with Crippen LogP contribution in [0.15, 0.2) is 26.1 Å². The topological polar surface area (TPSA) is 104 Å². The van der Waals surface area contributed by atoms with Gasteiger partial charge in [0, 0.05) is 41.1 Å². The number of nitrogens with zero attached hydrogens (tertiary/aromatic N) is 7. The van der Waals surface area contributed by atoms with Crippen molar-refractivity contribution in [1.29, 1.82) is 5.26 Å². The van der Waals surface area contributed by atoms with Crippen molar-refractivity contribution in [3.05, 3.63) is 38.5 Å². The van der Waals surface area contributed by atoms with Crippen LogP contribution in [0.25, 0.3) is 11.5 Å². The van der Waals surface area contributed by atoms with Crippen LogP contribution < -0.4 is 4.74 Å². The van der Waals surface area contributed by atoms with Gasteiger partial charge in [0.15, 0.2) is 0 Å². The Hall–Kier alpha value is -2.81. The molecule has 0 amide bonds. The van der Waals surface area contributed by atoms with Gasteiger partial charge in [0.2, 0.25) is 17.6 Å². The molecule has 1 aliphatic carbocycles. The van der Waals surface area contributed by atoms with Gasteiger partial charge in [0.1, 0.15) is 22.9 Å². The quantitative estimate of drug-likeness (QED) is 0.258. The molecule has 3 aromatic rings. The molecule has 1 aliphatic heterocycles. The molecule has 0 spiro atoms. The fraction of sp³-hybridized carbons (Fsp3) is 0.519. The van der Waals surface area contributed by atoms with Gasteiger partial charge in [-0.25, -0.2) is 9.98 Å². The van der Waals surface area contributed by atoms with Crippen molar-refractivity contribution in [2.45, 2.75) is 63.5 Å². The van der Waals surface area contributed by atoms with E-state index < -0.39 is 5.41 Å². The van der Waals surface area contributed by atoms with Crippen LogP contribution in [-0.2, 0) is 11.8 Å². The molecule has 9 nitrogen and oxygen atoms in total. The van der Waals surface area contributed by atoms with Crippen LogP contribution in [0.5, 0.6) is 5.88 Å². The molecule has 0 saturated carbocycles. The predicted molar refractivity (Wildman–Crippen MR) is 151 cm³/mol. The second kappa shape index (κ2) is 10.8. The number of likely N-dealkylation sites (N-methyl/N-ethyl adjacent to an activating group) is 1. The molecule has 11 heteroatoms. The Kier molecular flexibility index (Phi) is 7.58. The van der Waals surface area contributed by atoms with E-state index in [1.807, 2.05) is 31.1 Å². The molecule has 38 heavy (non-hydrogen) atoms. The van der Waals surface area contributed by atoms with E-state index in [2.05, 4.69) is 57.9 Å². The number of fused-ring (bicyclic) bond motifs is 1. The SMILES string of the molecule is C[C@H](Oc1cc(Br)cc(-c2noc([C@@]3(C)CCCc4sc(N=CN(C)C)c(C#N)c43)n2)n1)C1CCCN1C. The molecule has 3 aromatic heterocycles. The van der Waals surface area contributed by atoms with Crippen molar-refractivity contribution in [3.63, 3.8) is 0 Å². The maximum Gasteiger partial charge on any atom is 0.237 e. The first-order valence-corrected chi connectivity index (χ1v) is 14.5. The van der Waals surface area contributed by atoms with Gasteiger partial charge < -0.3 is 14.2 Å². The number of rotatable bonds is 7. The molecule has 3 atom stereocenters. The Labute approximate surface area is 235 Å². The third-order valence-corrected chi connectivity index (χ3v) is 9.05. The van der Waals surface area contributed by atoms with Crippen molar-refractivity contribution >= 4 is 38.6 Å². The molecule has 1 fully saturated rings. The minimum Gasteiger partial charge on any atom is -0.473 e. The third kappa shape index (κ3) is 5.09. The second-order valence-corrected chi connectivity index (χ2v) is 12.5. The first-order chi connectivity index (χ1) is 18.2. The summed E-state index contributed by atoms with van der Waals surface area (Å²) in [5.74, 6) is 1.40. The maximum absolute atomic E-state index is 10.1. The average Bonchev–Trinajstić information content (AvgIpc) is 3.61. The molecule has 1 saturated heterocycles. The van der Waals surface area contributed by atoms with Crippen LogP contribution >= 0.6 is 27.3 Å². The number of halogens is 1. The lowest BCUT2D eigenvalue weighted by atomic mass is 9.72. The van der Waals surface area contributed by atoms with Gasteiger partial charge in [-0.1, -0.05) is 21.1 Å². The summed E-state index contributed by atoms with van der Waals surface area (Å²) < 4.78 is 12.9. The van der Waals surface area contributed by atoms with Gasteiger partial charge in [-0.05, 0) is 65.6 Å². The Bertz CT molecular complexity index is 1390. The zero-order chi connectivity index (χ0) is 27.0. The number of aromatic nitrogens is 3. The second-order valence-electron chi connectivity index (χ2n) is 10.5. The highest BCUT2D eigenvalue weighted by atomic mass is 79.9. The van der Waals surface area contributed by atoms with Crippen molar-refractivity contribution in [2.24, 2.45) is 4.99 Å². The fourth-order valence-corrected chi connectivity index (χ4v) is 7.20. The van der Waals surface area contributed by atoms with Gasteiger partial charge in [0.25, 0.3) is 0 Å². The molecule has 200 valence electrons. The van der Waals surface area contributed by atoms with Crippen LogP contribution in [0, 0.1) is 11.3 Å². The lowest BCUT2D eigenvalue weighted by Gasteiger charge is -2.30. The van der Waals surface area contributed by atoms with Crippen LogP contribution in [-0.4, -0.2) is 71.1 Å². The molecule has 0 aromatic carbocycles. The molecule has 0 radical (unpaired) electrons. The van der Waals surface area contributed by atoms with Gasteiger partial charge in [0.05, 0.1) is 17.3 Å². The van der Waals surface area contributed by atoms with Crippen LogP contribution in [0.1, 0.15) is 61.4 Å². The van der Waals surface area contributed by atoms with E-state index in [4.69, 9.17) is 19.2 Å². The summed E-state index contributed by atoms with van der Waals surface area (Å²) in [5, 5.41) is 15.1. The number of hydrogen-bond acceptors (Lipinski definition) is 9. The Morgan fingerprint density at radius 2 is 2.18 bits per heavy atom. The third-order valence-electron chi connectivity index (χ3n) is 7.43. The van der Waals surface area contributed by atoms with E-state index in [-0.39, 0.29) is 6.10 Å². The standard InChI is InChI=1S/C27H32BrN7O2S/c1-16(20-8-7-11-35(20)5)36-22-13-17(28)12-19(31-22)24-32-26(37-33-24)27(2)10-6-9-21-23(27)18(14-29)25(38-21)30-15-34(3)4/h12-13,15-16,20H,6-11H2,1-5H3/t16-,20?,27-/m0/s1. The summed E-state index contributed by atoms with van der Waals surface area (Å²) in [6.07, 6.45) is 6.70. The first kappa shape index (κ1) is 26.8. The van der Waals surface area contributed by atoms with Gasteiger partial charge in [-0.2, -0.15) is 10.2 Å². The van der Waals surface area contributed by atoms with E-state index in [0.29, 0.717) is 34.9 Å². The highest BCUT2D eigenvalue weighted by molar-refractivity contribution is 9.10. The largest absolute Gasteiger partial charge is 0.473 e. The summed E-state index contributed by atoms with van der Waals surface area (Å²) in [4.78, 5) is 19.4. The number of likely N-dealkylation sites (tertiary alicyclic amines) is 1. The number of hydrogen-bond donors (Lipinski definition) is 0. The predicted octanol–water partition coefficient (Wildman–Crippen LogP) is 5.55. The molecule has 2 aliphatic rings. The molecular weight excluding hydrogens is 566 g/mol. The Morgan fingerprint density at radius 1 is 1.37 bits per heavy atom. The van der Waals surface area contributed by atoms with E-state index >= 15 is 0 Å². The number of pyridine rings is 1. The number of nitriles is 1. The Morgan fingerprint density at radius 3 is 2.89 bits per heavy atom. The zero-order valence-electron chi connectivity index (χ0n) is 22.4. The molecule has 1 unspecified atom stereocenters. The number of aryl methyl sites for hydroxylation is 1. The van der Waals surface area contributed by atoms with E-state index in [1.165, 1.54) is 6.42 Å². The lowest BCUT2D eigenvalue weighted by Crippen LogP contribution is -2.38. The smallest absolute Gasteiger partial charge is 0.237 e. The van der Waals surface area contributed by atoms with Crippen molar-refractivity contribution in [3.8, 4) is 23.5 Å². The summed E-state index contributed by atoms with van der Waals surface area (Å²) in [7, 11) is 5.96. The molecular formula is C27H32BrN7O2S. The number of thiophene rings is 1. The average molecular weight is 599 g/mol. The van der Waals surface area contributed by atoms with E-state index in [0.717, 1.165) is 52.1 Å². The molecule has 4 heterocycles. The normalized spacial score (nSPS) is 22.4. The van der Waals surface area contributed by atoms with E-state index in [9.17, 15) is 5.26 Å². The highest BCUT2D eigenvalue weighted by Crippen LogP contribution is 2.50. The summed E-state index contributed by atoms with van der Waals surface area (Å²) >= 11 is 5.16. The summed E-state index contributed by atoms with van der Waals surface area (Å²) in [6, 6.07) is 6.49. The first-order valence-electron chi connectivity index (χ1n) is 12.9. The van der Waals surface area contributed by atoms with Crippen molar-refractivity contribution in [1.82, 2.24) is 24.9 Å². The monoisotopic (exact) mass is 597 g/mol. The van der Waals surface area contributed by atoms with Gasteiger partial charge in [-0.15, -0.1) is 11.3 Å². The minimum absolute atomic E-state index is 0.00453. The number of aliphatic imine (C=N–C) groups is 1. The van der Waals surface area contributed by atoms with Gasteiger partial charge >= 0.3 is 0 Å². The van der Waals surface area contributed by atoms with Crippen molar-refractivity contribution in [2.75, 3.05) is 27.7 Å². The molecule has 0 N–H and O–H groups in total. The molecule has 0 bridgehead atoms. The Balaban J connectivity index is 1.46. The van der Waals surface area contributed by atoms with Crippen LogP contribution in [0.4, 0.5) is 5.00 Å². The molecule has 5 rings (SSSR count). The summed E-state index contributed by atoms with van der Waals surface area (Å²) in [5.41, 5.74) is 1.53. The van der Waals surface area contributed by atoms with E-state index in [1.54, 1.807) is 17.7 Å². The van der Waals surface area contributed by atoms with Crippen LogP contribution in [0.2, 0.25) is 0 Å². The zero-order valence-corrected chi connectivity index (χ0v) is 24.8. The summed E-state index contributed by atoms with van der Waals surface area (Å²) in [6.45, 7) is 5.26. The minimum atomic E-state index is -0.584. The number of ether oxygens (including phenoxy) is 1. The maximum atomic E-state index is 10.1. The highest BCUT2D eigenvalue weighted by Gasteiger charge is 2.43. The van der Waals surface area contributed by atoms with Crippen LogP contribution in [0.3, 0.4) is 0 Å². The van der Waals surface area contributed by atoms with Gasteiger partial charge in [-0.3, -0.25) is 4.90 Å². The fourth-order valence-electron chi connectivity index (χ4n) is 5.53.